The molecular weight excluding hydrogens is 475 g/mol. The number of rotatable bonds is 7. The van der Waals surface area contributed by atoms with Gasteiger partial charge in [-0.15, -0.1) is 0 Å². The van der Waals surface area contributed by atoms with Gasteiger partial charge in [-0.1, -0.05) is 24.3 Å². The van der Waals surface area contributed by atoms with Gasteiger partial charge in [0.2, 0.25) is 0 Å². The molecule has 1 N–H and O–H groups in total. The molecule has 1 aromatic carbocycles. The Morgan fingerprint density at radius 3 is 2.47 bits per heavy atom. The molecule has 0 unspecified atom stereocenters. The summed E-state index contributed by atoms with van der Waals surface area (Å²) in [6.07, 6.45) is 1.82. The van der Waals surface area contributed by atoms with Gasteiger partial charge in [-0.2, -0.15) is 18.3 Å². The van der Waals surface area contributed by atoms with Gasteiger partial charge in [-0.3, -0.25) is 9.89 Å². The first kappa shape index (κ1) is 23.8. The minimum absolute atomic E-state index is 0.0579. The van der Waals surface area contributed by atoms with Crippen molar-refractivity contribution in [3.8, 4) is 28.7 Å². The zero-order valence-corrected chi connectivity index (χ0v) is 19.9. The Hall–Kier alpha value is -3.93. The molecule has 0 atom stereocenters. The summed E-state index contributed by atoms with van der Waals surface area (Å²) < 4.78 is 47.6. The third-order valence-electron chi connectivity index (χ3n) is 5.99. The second-order valence-electron chi connectivity index (χ2n) is 8.75. The number of alkyl halides is 3. The molecule has 188 valence electrons. The number of benzene rings is 1. The van der Waals surface area contributed by atoms with E-state index in [1.54, 1.807) is 30.5 Å². The second-order valence-corrected chi connectivity index (χ2v) is 8.75. The highest BCUT2D eigenvalue weighted by atomic mass is 19.4. The van der Waals surface area contributed by atoms with Crippen LogP contribution in [0.2, 0.25) is 0 Å². The van der Waals surface area contributed by atoms with Crippen molar-refractivity contribution in [1.82, 2.24) is 29.3 Å². The number of methoxy groups -OCH3 is 1. The van der Waals surface area contributed by atoms with Crippen molar-refractivity contribution in [2.24, 2.45) is 7.05 Å². The van der Waals surface area contributed by atoms with Gasteiger partial charge in [0.25, 0.3) is 0 Å². The number of halogens is 3. The molecule has 12 heteroatoms. The first-order valence-electron chi connectivity index (χ1n) is 11.3. The molecule has 4 aromatic rings. The predicted molar refractivity (Wildman–Crippen MR) is 124 cm³/mol. The number of ether oxygens (including phenoxy) is 1. The maximum absolute atomic E-state index is 13.0. The van der Waals surface area contributed by atoms with Crippen molar-refractivity contribution in [3.63, 3.8) is 0 Å². The van der Waals surface area contributed by atoms with E-state index in [0.717, 1.165) is 35.4 Å². The maximum Gasteiger partial charge on any atom is 0.434 e. The minimum Gasteiger partial charge on any atom is -0.491 e. The highest BCUT2D eigenvalue weighted by Gasteiger charge is 2.34. The number of aromatic nitrogens is 6. The van der Waals surface area contributed by atoms with Gasteiger partial charge < -0.3 is 9.30 Å². The second kappa shape index (κ2) is 8.94. The van der Waals surface area contributed by atoms with E-state index in [0.29, 0.717) is 28.7 Å². The summed E-state index contributed by atoms with van der Waals surface area (Å²) in [6, 6.07) is 7.07. The average Bonchev–Trinajstić information content (AvgIpc) is 3.50. The lowest BCUT2D eigenvalue weighted by Gasteiger charge is -2.19. The van der Waals surface area contributed by atoms with Crippen LogP contribution < -0.4 is 9.80 Å². The Morgan fingerprint density at radius 1 is 1.14 bits per heavy atom. The molecule has 3 aromatic heterocycles. The molecule has 3 heterocycles. The monoisotopic (exact) mass is 499 g/mol. The average molecular weight is 499 g/mol. The molecule has 0 amide bonds. The Labute approximate surface area is 204 Å². The molecule has 1 aliphatic rings. The lowest BCUT2D eigenvalue weighted by molar-refractivity contribution is -0.140. The summed E-state index contributed by atoms with van der Waals surface area (Å²) in [5.41, 5.74) is 2.00. The van der Waals surface area contributed by atoms with Crippen molar-refractivity contribution < 1.29 is 23.1 Å². The highest BCUT2D eigenvalue weighted by molar-refractivity contribution is 5.61. The van der Waals surface area contributed by atoms with E-state index in [1.807, 2.05) is 11.6 Å². The van der Waals surface area contributed by atoms with Crippen LogP contribution in [0.5, 0.6) is 5.75 Å². The van der Waals surface area contributed by atoms with Crippen molar-refractivity contribution in [1.29, 1.82) is 0 Å². The van der Waals surface area contributed by atoms with Crippen LogP contribution >= 0.6 is 0 Å². The van der Waals surface area contributed by atoms with Crippen LogP contribution in [-0.2, 0) is 19.8 Å². The lowest BCUT2D eigenvalue weighted by atomic mass is 10.1. The van der Waals surface area contributed by atoms with Crippen molar-refractivity contribution in [2.45, 2.75) is 38.5 Å². The number of imidazole rings is 1. The predicted octanol–water partition coefficient (Wildman–Crippen LogP) is 4.81. The van der Waals surface area contributed by atoms with Gasteiger partial charge in [0, 0.05) is 18.8 Å². The van der Waals surface area contributed by atoms with Crippen LogP contribution in [0.4, 0.5) is 19.0 Å². The van der Waals surface area contributed by atoms with Gasteiger partial charge in [0.05, 0.1) is 32.1 Å². The molecule has 0 radical (unpaired) electrons. The molecule has 0 aliphatic heterocycles. The molecule has 1 fully saturated rings. The molecule has 1 aliphatic carbocycles. The van der Waals surface area contributed by atoms with E-state index in [1.165, 1.54) is 24.9 Å². The van der Waals surface area contributed by atoms with Crippen LogP contribution in [0.3, 0.4) is 0 Å². The molecule has 0 spiro atoms. The van der Waals surface area contributed by atoms with Crippen LogP contribution in [0.25, 0.3) is 22.9 Å². The third kappa shape index (κ3) is 4.51. The largest absolute Gasteiger partial charge is 0.491 e. The van der Waals surface area contributed by atoms with Gasteiger partial charge >= 0.3 is 6.18 Å². The normalized spacial score (nSPS) is 13.8. The number of hydrogen-bond donors (Lipinski definition) is 1. The Bertz CT molecular complexity index is 1390. The minimum atomic E-state index is -4.52. The Balaban J connectivity index is 1.39. The van der Waals surface area contributed by atoms with Crippen molar-refractivity contribution in [2.75, 3.05) is 12.2 Å². The number of aryl methyl sites for hydroxylation is 2. The van der Waals surface area contributed by atoms with Crippen LogP contribution in [0.15, 0.2) is 42.9 Å². The summed E-state index contributed by atoms with van der Waals surface area (Å²) in [6.45, 7) is 1.99. The van der Waals surface area contributed by atoms with Crippen LogP contribution in [-0.4, -0.2) is 41.6 Å². The molecule has 0 bridgehead atoms. The Morgan fingerprint density at radius 2 is 1.86 bits per heavy atom. The molecule has 9 nitrogen and oxygen atoms in total. The van der Waals surface area contributed by atoms with Crippen molar-refractivity contribution in [3.05, 3.63) is 59.7 Å². The first-order valence-corrected chi connectivity index (χ1v) is 11.3. The van der Waals surface area contributed by atoms with E-state index < -0.39 is 11.9 Å². The van der Waals surface area contributed by atoms with Crippen molar-refractivity contribution >= 4 is 5.82 Å². The van der Waals surface area contributed by atoms with Gasteiger partial charge in [-0.25, -0.2) is 20.0 Å². The standard InChI is InChI=1S/C24H24F3N7O2/c1-14-10-29-34(17-8-9-17)20(14)21-28-11-18(36-3)23(31-21)33(35)12-15-4-6-16(7-5-15)22-30-19(13-32(22)2)24(25,26)27/h4-7,10-11,13,17,35H,8-9,12H2,1-3H3. The van der Waals surface area contributed by atoms with E-state index >= 15 is 0 Å². The van der Waals surface area contributed by atoms with E-state index in [2.05, 4.69) is 20.1 Å². The molecule has 0 saturated heterocycles. The topological polar surface area (TPSA) is 94.1 Å². The summed E-state index contributed by atoms with van der Waals surface area (Å²) in [5, 5.41) is 16.3. The first-order chi connectivity index (χ1) is 17.2. The highest BCUT2D eigenvalue weighted by Crippen LogP contribution is 2.39. The van der Waals surface area contributed by atoms with Crippen LogP contribution in [0, 0.1) is 6.92 Å². The summed E-state index contributed by atoms with van der Waals surface area (Å²) in [5.74, 6) is 1.10. The number of hydrogen-bond acceptors (Lipinski definition) is 7. The summed E-state index contributed by atoms with van der Waals surface area (Å²) in [4.78, 5) is 12.7. The third-order valence-corrected chi connectivity index (χ3v) is 5.99. The number of nitrogens with zero attached hydrogens (tertiary/aromatic N) is 7. The maximum atomic E-state index is 13.0. The van der Waals surface area contributed by atoms with Gasteiger partial charge in [0.15, 0.2) is 23.1 Å². The van der Waals surface area contributed by atoms with Crippen LogP contribution in [0.1, 0.15) is 35.7 Å². The fourth-order valence-corrected chi connectivity index (χ4v) is 4.01. The number of hydroxylamine groups is 1. The molecule has 1 saturated carbocycles. The SMILES string of the molecule is COc1cnc(-c2c(C)cnn2C2CC2)nc1N(O)Cc1ccc(-c2nc(C(F)(F)F)cn2C)cc1. The number of anilines is 1. The quantitative estimate of drug-likeness (QED) is 0.365. The van der Waals surface area contributed by atoms with E-state index in [-0.39, 0.29) is 18.2 Å². The van der Waals surface area contributed by atoms with E-state index in [4.69, 9.17) is 4.74 Å². The van der Waals surface area contributed by atoms with Gasteiger partial charge in [-0.05, 0) is 30.9 Å². The molecular formula is C24H24F3N7O2. The zero-order chi connectivity index (χ0) is 25.6. The summed E-state index contributed by atoms with van der Waals surface area (Å²) >= 11 is 0. The fourth-order valence-electron chi connectivity index (χ4n) is 4.01. The lowest BCUT2D eigenvalue weighted by Crippen LogP contribution is -2.20. The fraction of sp³-hybridized carbons (Fsp3) is 0.333. The summed E-state index contributed by atoms with van der Waals surface area (Å²) in [7, 11) is 2.98. The van der Waals surface area contributed by atoms with E-state index in [9.17, 15) is 18.4 Å². The smallest absolute Gasteiger partial charge is 0.434 e. The van der Waals surface area contributed by atoms with Gasteiger partial charge in [0.1, 0.15) is 11.5 Å². The Kier molecular flexibility index (Phi) is 5.91. The molecule has 5 rings (SSSR count). The zero-order valence-electron chi connectivity index (χ0n) is 19.9. The molecule has 36 heavy (non-hydrogen) atoms.